The largest absolute Gasteiger partial charge is 0.370 e. The van der Waals surface area contributed by atoms with Crippen molar-refractivity contribution >= 4 is 40.7 Å². The van der Waals surface area contributed by atoms with E-state index < -0.39 is 11.8 Å². The number of benzene rings is 1. The highest BCUT2D eigenvalue weighted by molar-refractivity contribution is 6.45. The highest BCUT2D eigenvalue weighted by Crippen LogP contribution is 2.29. The Hall–Kier alpha value is -1.34. The van der Waals surface area contributed by atoms with Crippen LogP contribution in [0.4, 0.5) is 5.69 Å². The van der Waals surface area contributed by atoms with Crippen molar-refractivity contribution in [3.05, 3.63) is 28.2 Å². The molecule has 0 radical (unpaired) electrons. The van der Waals surface area contributed by atoms with Gasteiger partial charge in [-0.1, -0.05) is 29.3 Å². The van der Waals surface area contributed by atoms with Gasteiger partial charge in [-0.2, -0.15) is 0 Å². The van der Waals surface area contributed by atoms with E-state index in [9.17, 15) is 9.59 Å². The van der Waals surface area contributed by atoms with Gasteiger partial charge in [-0.3, -0.25) is 9.59 Å². The van der Waals surface area contributed by atoms with Crippen molar-refractivity contribution in [2.75, 3.05) is 44.7 Å². The molecule has 1 heterocycles. The Kier molecular flexibility index (Phi) is 7.11. The summed E-state index contributed by atoms with van der Waals surface area (Å²) in [6.45, 7) is 4.95. The number of halogens is 2. The number of quaternary nitrogens is 1. The molecule has 0 spiro atoms. The predicted molar refractivity (Wildman–Crippen MR) is 89.1 cm³/mol. The molecule has 2 rings (SSSR count). The third-order valence-corrected chi connectivity index (χ3v) is 4.42. The molecule has 1 aliphatic heterocycles. The summed E-state index contributed by atoms with van der Waals surface area (Å²) in [4.78, 5) is 25.1. The maximum absolute atomic E-state index is 11.8. The zero-order valence-corrected chi connectivity index (χ0v) is 14.2. The van der Waals surface area contributed by atoms with Crippen molar-refractivity contribution in [3.8, 4) is 0 Å². The van der Waals surface area contributed by atoms with E-state index in [1.54, 1.807) is 18.2 Å². The number of hydrogen-bond acceptors (Lipinski definition) is 3. The lowest BCUT2D eigenvalue weighted by Gasteiger charge is -2.23. The van der Waals surface area contributed by atoms with E-state index in [4.69, 9.17) is 27.9 Å². The standard InChI is InChI=1S/C15H19Cl2N3O3/c16-11-3-1-4-12(13(11)17)19-15(22)14(21)18-5-2-6-20-7-9-23-10-8-20/h1,3-4H,2,5-10H2,(H,18,21)(H,19,22)/p+1. The van der Waals surface area contributed by atoms with E-state index in [1.165, 1.54) is 4.90 Å². The Morgan fingerprint density at radius 1 is 1.17 bits per heavy atom. The molecule has 0 atom stereocenters. The maximum atomic E-state index is 11.8. The molecule has 23 heavy (non-hydrogen) atoms. The van der Waals surface area contributed by atoms with Gasteiger partial charge in [-0.05, 0) is 12.1 Å². The van der Waals surface area contributed by atoms with Crippen LogP contribution in [0.25, 0.3) is 0 Å². The van der Waals surface area contributed by atoms with Crippen molar-refractivity contribution in [1.29, 1.82) is 0 Å². The smallest absolute Gasteiger partial charge is 0.313 e. The molecule has 1 fully saturated rings. The van der Waals surface area contributed by atoms with Crippen LogP contribution in [-0.2, 0) is 14.3 Å². The molecule has 1 saturated heterocycles. The zero-order valence-electron chi connectivity index (χ0n) is 12.7. The van der Waals surface area contributed by atoms with Crippen LogP contribution < -0.4 is 15.5 Å². The molecule has 0 unspecified atom stereocenters. The van der Waals surface area contributed by atoms with Gasteiger partial charge < -0.3 is 20.3 Å². The minimum Gasteiger partial charge on any atom is -0.370 e. The summed E-state index contributed by atoms with van der Waals surface area (Å²) in [5.41, 5.74) is 0.317. The Balaban J connectivity index is 1.70. The molecular weight excluding hydrogens is 341 g/mol. The minimum atomic E-state index is -0.757. The monoisotopic (exact) mass is 360 g/mol. The number of carbonyl (C=O) groups excluding carboxylic acids is 2. The summed E-state index contributed by atoms with van der Waals surface area (Å²) in [5.74, 6) is -1.44. The van der Waals surface area contributed by atoms with Crippen molar-refractivity contribution in [2.24, 2.45) is 0 Å². The van der Waals surface area contributed by atoms with Crippen LogP contribution in [0, 0.1) is 0 Å². The fraction of sp³-hybridized carbons (Fsp3) is 0.467. The van der Waals surface area contributed by atoms with Gasteiger partial charge in [0.25, 0.3) is 0 Å². The third-order valence-electron chi connectivity index (χ3n) is 3.60. The van der Waals surface area contributed by atoms with E-state index in [0.717, 1.165) is 39.3 Å². The Morgan fingerprint density at radius 3 is 2.65 bits per heavy atom. The lowest BCUT2D eigenvalue weighted by atomic mass is 10.3. The van der Waals surface area contributed by atoms with E-state index >= 15 is 0 Å². The molecule has 8 heteroatoms. The Labute approximate surface area is 145 Å². The van der Waals surface area contributed by atoms with Gasteiger partial charge in [0.05, 0.1) is 35.5 Å². The van der Waals surface area contributed by atoms with Crippen LogP contribution in [0.1, 0.15) is 6.42 Å². The number of nitrogens with one attached hydrogen (secondary N) is 3. The third kappa shape index (κ3) is 5.66. The number of anilines is 1. The molecule has 2 amide bonds. The van der Waals surface area contributed by atoms with E-state index in [1.807, 2.05) is 0 Å². The van der Waals surface area contributed by atoms with Gasteiger partial charge in [0.1, 0.15) is 13.1 Å². The molecule has 0 aliphatic carbocycles. The molecule has 6 nitrogen and oxygen atoms in total. The predicted octanol–water partition coefficient (Wildman–Crippen LogP) is 0.353. The van der Waals surface area contributed by atoms with Gasteiger partial charge in [0.2, 0.25) is 0 Å². The van der Waals surface area contributed by atoms with Crippen LogP contribution in [0.15, 0.2) is 18.2 Å². The first-order valence-electron chi connectivity index (χ1n) is 7.52. The Bertz CT molecular complexity index is 563. The normalized spacial score (nSPS) is 15.2. The lowest BCUT2D eigenvalue weighted by Crippen LogP contribution is -3.14. The number of morpholine rings is 1. The first kappa shape index (κ1) is 18.0. The second-order valence-electron chi connectivity index (χ2n) is 5.28. The molecule has 1 aliphatic rings. The van der Waals surface area contributed by atoms with Crippen molar-refractivity contribution in [3.63, 3.8) is 0 Å². The van der Waals surface area contributed by atoms with Crippen LogP contribution in [-0.4, -0.2) is 51.2 Å². The van der Waals surface area contributed by atoms with Crippen LogP contribution in [0.5, 0.6) is 0 Å². The first-order chi connectivity index (χ1) is 11.1. The molecule has 0 aromatic heterocycles. The summed E-state index contributed by atoms with van der Waals surface area (Å²) in [6, 6.07) is 4.83. The number of carbonyl (C=O) groups is 2. The number of rotatable bonds is 5. The summed E-state index contributed by atoms with van der Waals surface area (Å²) in [7, 11) is 0. The van der Waals surface area contributed by atoms with Crippen LogP contribution >= 0.6 is 23.2 Å². The summed E-state index contributed by atoms with van der Waals surface area (Å²) < 4.78 is 5.29. The minimum absolute atomic E-state index is 0.214. The van der Waals surface area contributed by atoms with Gasteiger partial charge in [-0.15, -0.1) is 0 Å². The van der Waals surface area contributed by atoms with Crippen molar-refractivity contribution < 1.29 is 19.2 Å². The molecule has 0 saturated carbocycles. The van der Waals surface area contributed by atoms with Crippen LogP contribution in [0.2, 0.25) is 10.0 Å². The highest BCUT2D eigenvalue weighted by Gasteiger charge is 2.16. The van der Waals surface area contributed by atoms with Gasteiger partial charge in [0.15, 0.2) is 0 Å². The molecule has 1 aromatic rings. The number of ether oxygens (including phenoxy) is 1. The van der Waals surface area contributed by atoms with Gasteiger partial charge >= 0.3 is 11.8 Å². The molecular formula is C15H20Cl2N3O3+. The van der Waals surface area contributed by atoms with Gasteiger partial charge in [-0.25, -0.2) is 0 Å². The average molecular weight is 361 g/mol. The second kappa shape index (κ2) is 9.08. The average Bonchev–Trinajstić information content (AvgIpc) is 2.56. The number of amides is 2. The van der Waals surface area contributed by atoms with Gasteiger partial charge in [0, 0.05) is 13.0 Å². The SMILES string of the molecule is O=C(NCCC[NH+]1CCOCC1)C(=O)Nc1cccc(Cl)c1Cl. The summed E-state index contributed by atoms with van der Waals surface area (Å²) >= 11 is 11.8. The van der Waals surface area contributed by atoms with E-state index in [2.05, 4.69) is 10.6 Å². The number of hydrogen-bond donors (Lipinski definition) is 3. The second-order valence-corrected chi connectivity index (χ2v) is 6.06. The molecule has 3 N–H and O–H groups in total. The quantitative estimate of drug-likeness (QED) is 0.524. The fourth-order valence-electron chi connectivity index (χ4n) is 2.31. The lowest BCUT2D eigenvalue weighted by molar-refractivity contribution is -0.908. The molecule has 1 aromatic carbocycles. The Morgan fingerprint density at radius 2 is 1.91 bits per heavy atom. The van der Waals surface area contributed by atoms with Crippen LogP contribution in [0.3, 0.4) is 0 Å². The fourth-order valence-corrected chi connectivity index (χ4v) is 2.66. The first-order valence-corrected chi connectivity index (χ1v) is 8.28. The van der Waals surface area contributed by atoms with Crippen molar-refractivity contribution in [2.45, 2.75) is 6.42 Å². The topological polar surface area (TPSA) is 71.9 Å². The van der Waals surface area contributed by atoms with E-state index in [0.29, 0.717) is 17.3 Å². The molecule has 126 valence electrons. The summed E-state index contributed by atoms with van der Waals surface area (Å²) in [5, 5.41) is 5.59. The zero-order chi connectivity index (χ0) is 16.7. The highest BCUT2D eigenvalue weighted by atomic mass is 35.5. The van der Waals surface area contributed by atoms with Crippen molar-refractivity contribution in [1.82, 2.24) is 5.32 Å². The molecule has 0 bridgehead atoms. The van der Waals surface area contributed by atoms with E-state index in [-0.39, 0.29) is 5.02 Å². The maximum Gasteiger partial charge on any atom is 0.313 e. The summed E-state index contributed by atoms with van der Waals surface area (Å²) in [6.07, 6.45) is 0.812.